The molecule has 1 N–H and O–H groups in total. The molecule has 1 aromatic carbocycles. The second kappa shape index (κ2) is 8.79. The SMILES string of the molecule is COc1cc(C=CC(=O)O)cc(Cl)c1OCCN1CCCCC1. The van der Waals surface area contributed by atoms with Crippen molar-refractivity contribution in [1.29, 1.82) is 0 Å². The molecule has 1 saturated heterocycles. The van der Waals surface area contributed by atoms with Gasteiger partial charge in [0.2, 0.25) is 0 Å². The van der Waals surface area contributed by atoms with Gasteiger partial charge in [-0.1, -0.05) is 18.0 Å². The number of benzene rings is 1. The first-order chi connectivity index (χ1) is 11.1. The number of nitrogens with zero attached hydrogens (tertiary/aromatic N) is 1. The number of piperidine rings is 1. The molecule has 0 radical (unpaired) electrons. The van der Waals surface area contributed by atoms with E-state index in [1.807, 2.05) is 0 Å². The zero-order valence-electron chi connectivity index (χ0n) is 13.3. The number of carboxylic acids is 1. The first kappa shape index (κ1) is 17.6. The van der Waals surface area contributed by atoms with Gasteiger partial charge in [-0.3, -0.25) is 4.90 Å². The van der Waals surface area contributed by atoms with Crippen LogP contribution in [0.1, 0.15) is 24.8 Å². The lowest BCUT2D eigenvalue weighted by Crippen LogP contribution is -2.33. The van der Waals surface area contributed by atoms with E-state index in [-0.39, 0.29) is 0 Å². The number of rotatable bonds is 7. The quantitative estimate of drug-likeness (QED) is 0.772. The maximum Gasteiger partial charge on any atom is 0.328 e. The Hall–Kier alpha value is -1.72. The first-order valence-corrected chi connectivity index (χ1v) is 8.11. The predicted molar refractivity (Wildman–Crippen MR) is 90.5 cm³/mol. The molecule has 0 aliphatic carbocycles. The molecule has 0 unspecified atom stereocenters. The molecule has 0 atom stereocenters. The molecule has 0 aromatic heterocycles. The monoisotopic (exact) mass is 339 g/mol. The van der Waals surface area contributed by atoms with Crippen LogP contribution in [0, 0.1) is 0 Å². The van der Waals surface area contributed by atoms with Crippen LogP contribution in [0.3, 0.4) is 0 Å². The van der Waals surface area contributed by atoms with Gasteiger partial charge in [0.05, 0.1) is 12.1 Å². The average molecular weight is 340 g/mol. The van der Waals surface area contributed by atoms with Gasteiger partial charge in [-0.15, -0.1) is 0 Å². The lowest BCUT2D eigenvalue weighted by Gasteiger charge is -2.26. The predicted octanol–water partition coefficient (Wildman–Crippen LogP) is 3.31. The Kier molecular flexibility index (Phi) is 6.74. The molecule has 6 heteroatoms. The number of ether oxygens (including phenoxy) is 2. The summed E-state index contributed by atoms with van der Waals surface area (Å²) in [6, 6.07) is 3.38. The average Bonchev–Trinajstić information content (AvgIpc) is 2.55. The Morgan fingerprint density at radius 2 is 2.09 bits per heavy atom. The fourth-order valence-corrected chi connectivity index (χ4v) is 2.88. The van der Waals surface area contributed by atoms with Crippen LogP contribution >= 0.6 is 11.6 Å². The van der Waals surface area contributed by atoms with Crippen LogP contribution in [0.15, 0.2) is 18.2 Å². The second-order valence-electron chi connectivity index (χ2n) is 5.46. The number of halogens is 1. The van der Waals surface area contributed by atoms with Crippen LogP contribution in [-0.2, 0) is 4.79 Å². The third-order valence-electron chi connectivity index (χ3n) is 3.77. The van der Waals surface area contributed by atoms with E-state index >= 15 is 0 Å². The van der Waals surface area contributed by atoms with Crippen molar-refractivity contribution in [2.24, 2.45) is 0 Å². The fraction of sp³-hybridized carbons (Fsp3) is 0.471. The van der Waals surface area contributed by atoms with E-state index in [9.17, 15) is 4.79 Å². The molecule has 2 rings (SSSR count). The lowest BCUT2D eigenvalue weighted by molar-refractivity contribution is -0.131. The van der Waals surface area contributed by atoms with Gasteiger partial charge >= 0.3 is 5.97 Å². The van der Waals surface area contributed by atoms with Gasteiger partial charge in [0.25, 0.3) is 0 Å². The van der Waals surface area contributed by atoms with Crippen molar-refractivity contribution in [2.45, 2.75) is 19.3 Å². The van der Waals surface area contributed by atoms with Crippen LogP contribution in [0.2, 0.25) is 5.02 Å². The van der Waals surface area contributed by atoms with E-state index in [0.29, 0.717) is 28.7 Å². The topological polar surface area (TPSA) is 59.0 Å². The Balaban J connectivity index is 2.01. The highest BCUT2D eigenvalue weighted by Gasteiger charge is 2.13. The molecule has 5 nitrogen and oxygen atoms in total. The molecule has 1 aromatic rings. The minimum absolute atomic E-state index is 0.410. The number of hydrogen-bond donors (Lipinski definition) is 1. The van der Waals surface area contributed by atoms with Crippen molar-refractivity contribution >= 4 is 23.6 Å². The Morgan fingerprint density at radius 1 is 1.35 bits per heavy atom. The van der Waals surface area contributed by atoms with E-state index in [1.165, 1.54) is 32.4 Å². The van der Waals surface area contributed by atoms with Crippen LogP contribution < -0.4 is 9.47 Å². The largest absolute Gasteiger partial charge is 0.493 e. The maximum absolute atomic E-state index is 10.6. The third-order valence-corrected chi connectivity index (χ3v) is 4.05. The zero-order valence-corrected chi connectivity index (χ0v) is 14.0. The summed E-state index contributed by atoms with van der Waals surface area (Å²) in [7, 11) is 1.54. The molecular weight excluding hydrogens is 318 g/mol. The highest BCUT2D eigenvalue weighted by atomic mass is 35.5. The van der Waals surface area contributed by atoms with Crippen LogP contribution in [0.25, 0.3) is 6.08 Å². The van der Waals surface area contributed by atoms with E-state index < -0.39 is 5.97 Å². The van der Waals surface area contributed by atoms with Crippen molar-refractivity contribution < 1.29 is 19.4 Å². The molecule has 126 valence electrons. The molecule has 1 aliphatic rings. The normalized spacial score (nSPS) is 15.7. The Morgan fingerprint density at radius 3 is 2.74 bits per heavy atom. The summed E-state index contributed by atoms with van der Waals surface area (Å²) < 4.78 is 11.1. The van der Waals surface area contributed by atoms with Crippen molar-refractivity contribution in [2.75, 3.05) is 33.4 Å². The molecule has 1 fully saturated rings. The van der Waals surface area contributed by atoms with Crippen molar-refractivity contribution in [1.82, 2.24) is 4.90 Å². The third kappa shape index (κ3) is 5.44. The number of likely N-dealkylation sites (tertiary alicyclic amines) is 1. The van der Waals surface area contributed by atoms with Crippen LogP contribution in [0.5, 0.6) is 11.5 Å². The number of aliphatic carboxylic acids is 1. The number of carbonyl (C=O) groups is 1. The maximum atomic E-state index is 10.6. The smallest absolute Gasteiger partial charge is 0.328 e. The van der Waals surface area contributed by atoms with Gasteiger partial charge in [0.15, 0.2) is 11.5 Å². The molecule has 0 saturated carbocycles. The standard InChI is InChI=1S/C17H22ClNO4/c1-22-15-12-13(5-6-16(20)21)11-14(18)17(15)23-10-9-19-7-3-2-4-8-19/h5-6,11-12H,2-4,7-10H2,1H3,(H,20,21). The minimum Gasteiger partial charge on any atom is -0.493 e. The Labute approximate surface area is 141 Å². The van der Waals surface area contributed by atoms with Gasteiger partial charge in [-0.05, 0) is 49.7 Å². The van der Waals surface area contributed by atoms with E-state index in [1.54, 1.807) is 12.1 Å². The van der Waals surface area contributed by atoms with E-state index in [2.05, 4.69) is 4.90 Å². The summed E-state index contributed by atoms with van der Waals surface area (Å²) in [4.78, 5) is 13.0. The first-order valence-electron chi connectivity index (χ1n) is 7.74. The second-order valence-corrected chi connectivity index (χ2v) is 5.86. The summed E-state index contributed by atoms with van der Waals surface area (Å²) in [6.45, 7) is 3.64. The molecule has 1 heterocycles. The van der Waals surface area contributed by atoms with Gasteiger partial charge in [-0.2, -0.15) is 0 Å². The highest BCUT2D eigenvalue weighted by Crippen LogP contribution is 2.36. The number of carboxylic acid groups (broad SMARTS) is 1. The van der Waals surface area contributed by atoms with Crippen molar-refractivity contribution in [3.63, 3.8) is 0 Å². The minimum atomic E-state index is -1.01. The van der Waals surface area contributed by atoms with Gasteiger partial charge < -0.3 is 14.6 Å². The van der Waals surface area contributed by atoms with Crippen LogP contribution in [-0.4, -0.2) is 49.3 Å². The molecule has 1 aliphatic heterocycles. The molecule has 23 heavy (non-hydrogen) atoms. The van der Waals surface area contributed by atoms with Crippen LogP contribution in [0.4, 0.5) is 0 Å². The highest BCUT2D eigenvalue weighted by molar-refractivity contribution is 6.32. The summed E-state index contributed by atoms with van der Waals surface area (Å²) >= 11 is 6.25. The summed E-state index contributed by atoms with van der Waals surface area (Å²) in [5.41, 5.74) is 0.651. The van der Waals surface area contributed by atoms with Gasteiger partial charge in [0.1, 0.15) is 6.61 Å². The number of methoxy groups -OCH3 is 1. The summed E-state index contributed by atoms with van der Waals surface area (Å²) in [5, 5.41) is 9.09. The Bertz CT molecular complexity index is 568. The molecule has 0 bridgehead atoms. The van der Waals surface area contributed by atoms with Gasteiger partial charge in [-0.25, -0.2) is 4.79 Å². The number of hydrogen-bond acceptors (Lipinski definition) is 4. The van der Waals surface area contributed by atoms with Crippen molar-refractivity contribution in [3.05, 3.63) is 28.8 Å². The summed E-state index contributed by atoms with van der Waals surface area (Å²) in [5.74, 6) is -0.0122. The molecular formula is C17H22ClNO4. The van der Waals surface area contributed by atoms with E-state index in [4.69, 9.17) is 26.2 Å². The van der Waals surface area contributed by atoms with Gasteiger partial charge in [0, 0.05) is 12.6 Å². The lowest BCUT2D eigenvalue weighted by atomic mass is 10.1. The van der Waals surface area contributed by atoms with Crippen molar-refractivity contribution in [3.8, 4) is 11.5 Å². The fourth-order valence-electron chi connectivity index (χ4n) is 2.60. The zero-order chi connectivity index (χ0) is 16.7. The summed E-state index contributed by atoms with van der Waals surface area (Å²) in [6.07, 6.45) is 6.32. The molecule has 0 amide bonds. The molecule has 0 spiro atoms. The van der Waals surface area contributed by atoms with E-state index in [0.717, 1.165) is 25.7 Å².